The third-order valence-corrected chi connectivity index (χ3v) is 4.89. The van der Waals surface area contributed by atoms with Crippen LogP contribution in [0.3, 0.4) is 0 Å². The number of hydrogen-bond donors (Lipinski definition) is 2. The standard InChI is InChI=1S/C19H19N3O4S/c1-26-17-10-15(5-6-16(17)18(20)23)22(11-21-7-8-27-12-21)14-4-2-3-13(9-14)19(24)25/h2-10H,11-12H2,1H3,(H2,20,23)(H,24,25). The summed E-state index contributed by atoms with van der Waals surface area (Å²) in [6.45, 7) is 0.506. The summed E-state index contributed by atoms with van der Waals surface area (Å²) in [5, 5.41) is 11.3. The number of ether oxygens (including phenoxy) is 1. The molecule has 7 nitrogen and oxygen atoms in total. The lowest BCUT2D eigenvalue weighted by Crippen LogP contribution is -2.30. The summed E-state index contributed by atoms with van der Waals surface area (Å²) in [5.41, 5.74) is 7.35. The van der Waals surface area contributed by atoms with Crippen molar-refractivity contribution >= 4 is 35.0 Å². The van der Waals surface area contributed by atoms with Gasteiger partial charge in [0.15, 0.2) is 0 Å². The smallest absolute Gasteiger partial charge is 0.335 e. The van der Waals surface area contributed by atoms with Gasteiger partial charge in [-0.05, 0) is 35.7 Å². The van der Waals surface area contributed by atoms with E-state index >= 15 is 0 Å². The number of nitrogens with zero attached hydrogens (tertiary/aromatic N) is 2. The van der Waals surface area contributed by atoms with Gasteiger partial charge in [-0.3, -0.25) is 4.79 Å². The van der Waals surface area contributed by atoms with Crippen LogP contribution in [-0.2, 0) is 0 Å². The monoisotopic (exact) mass is 385 g/mol. The zero-order valence-corrected chi connectivity index (χ0v) is 15.5. The molecule has 2 aromatic rings. The summed E-state index contributed by atoms with van der Waals surface area (Å²) < 4.78 is 5.31. The number of aromatic carboxylic acids is 1. The zero-order valence-electron chi connectivity index (χ0n) is 14.7. The van der Waals surface area contributed by atoms with E-state index in [-0.39, 0.29) is 11.1 Å². The minimum absolute atomic E-state index is 0.199. The first kappa shape index (κ1) is 18.7. The number of carboxylic acid groups (broad SMARTS) is 1. The van der Waals surface area contributed by atoms with E-state index in [1.165, 1.54) is 7.11 Å². The lowest BCUT2D eigenvalue weighted by Gasteiger charge is -2.30. The minimum Gasteiger partial charge on any atom is -0.496 e. The fourth-order valence-electron chi connectivity index (χ4n) is 2.75. The summed E-state index contributed by atoms with van der Waals surface area (Å²) in [6, 6.07) is 11.8. The van der Waals surface area contributed by atoms with Crippen LogP contribution in [0.4, 0.5) is 11.4 Å². The van der Waals surface area contributed by atoms with Gasteiger partial charge in [0.25, 0.3) is 5.91 Å². The Labute approximate surface area is 161 Å². The number of methoxy groups -OCH3 is 1. The molecule has 27 heavy (non-hydrogen) atoms. The Morgan fingerprint density at radius 1 is 1.26 bits per heavy atom. The van der Waals surface area contributed by atoms with Gasteiger partial charge in [0.1, 0.15) is 5.75 Å². The summed E-state index contributed by atoms with van der Waals surface area (Å²) in [4.78, 5) is 27.0. The summed E-state index contributed by atoms with van der Waals surface area (Å²) in [7, 11) is 1.47. The molecule has 0 unspecified atom stereocenters. The third kappa shape index (κ3) is 4.17. The first-order valence-electron chi connectivity index (χ1n) is 8.10. The van der Waals surface area contributed by atoms with Crippen LogP contribution in [0, 0.1) is 0 Å². The van der Waals surface area contributed by atoms with E-state index in [2.05, 4.69) is 4.90 Å². The van der Waals surface area contributed by atoms with Crippen molar-refractivity contribution in [3.8, 4) is 5.75 Å². The topological polar surface area (TPSA) is 96.1 Å². The third-order valence-electron chi connectivity index (χ3n) is 4.10. The number of benzene rings is 2. The fourth-order valence-corrected chi connectivity index (χ4v) is 3.45. The molecule has 140 valence electrons. The van der Waals surface area contributed by atoms with Crippen molar-refractivity contribution in [2.45, 2.75) is 0 Å². The molecule has 1 aliphatic heterocycles. The van der Waals surface area contributed by atoms with Crippen LogP contribution < -0.4 is 15.4 Å². The predicted octanol–water partition coefficient (Wildman–Crippen LogP) is 3.07. The molecular formula is C19H19N3O4S. The van der Waals surface area contributed by atoms with E-state index in [0.717, 1.165) is 11.6 Å². The Morgan fingerprint density at radius 2 is 2.04 bits per heavy atom. The molecule has 3 rings (SSSR count). The first-order chi connectivity index (χ1) is 13.0. The van der Waals surface area contributed by atoms with Crippen molar-refractivity contribution in [1.82, 2.24) is 4.90 Å². The number of primary amides is 1. The number of rotatable bonds is 7. The van der Waals surface area contributed by atoms with Gasteiger partial charge >= 0.3 is 5.97 Å². The van der Waals surface area contributed by atoms with E-state index in [1.807, 2.05) is 22.6 Å². The van der Waals surface area contributed by atoms with Crippen molar-refractivity contribution in [1.29, 1.82) is 0 Å². The number of anilines is 2. The molecular weight excluding hydrogens is 366 g/mol. The van der Waals surface area contributed by atoms with E-state index in [0.29, 0.717) is 18.1 Å². The Balaban J connectivity index is 2.04. The Morgan fingerprint density at radius 3 is 2.67 bits per heavy atom. The molecule has 0 radical (unpaired) electrons. The largest absolute Gasteiger partial charge is 0.496 e. The van der Waals surface area contributed by atoms with Crippen molar-refractivity contribution in [3.63, 3.8) is 0 Å². The highest BCUT2D eigenvalue weighted by Gasteiger charge is 2.18. The van der Waals surface area contributed by atoms with Crippen molar-refractivity contribution in [2.75, 3.05) is 24.6 Å². The van der Waals surface area contributed by atoms with Crippen LogP contribution in [0.15, 0.2) is 54.1 Å². The number of hydrogen-bond acceptors (Lipinski definition) is 6. The van der Waals surface area contributed by atoms with Crippen LogP contribution in [0.5, 0.6) is 5.75 Å². The number of carbonyl (C=O) groups excluding carboxylic acids is 1. The average molecular weight is 385 g/mol. The summed E-state index contributed by atoms with van der Waals surface area (Å²) in [6.07, 6.45) is 1.98. The van der Waals surface area contributed by atoms with Gasteiger partial charge in [-0.2, -0.15) is 0 Å². The SMILES string of the molecule is COc1cc(N(CN2C=CSC2)c2cccc(C(=O)O)c2)ccc1C(N)=O. The first-order valence-corrected chi connectivity index (χ1v) is 9.15. The molecule has 3 N–H and O–H groups in total. The van der Waals surface area contributed by atoms with Crippen LogP contribution in [0.1, 0.15) is 20.7 Å². The molecule has 0 atom stereocenters. The normalized spacial score (nSPS) is 12.9. The molecule has 0 aliphatic carbocycles. The summed E-state index contributed by atoms with van der Waals surface area (Å²) >= 11 is 1.68. The summed E-state index contributed by atoms with van der Waals surface area (Å²) in [5.74, 6) is -0.400. The lowest BCUT2D eigenvalue weighted by atomic mass is 10.1. The van der Waals surface area contributed by atoms with E-state index < -0.39 is 11.9 Å². The number of carboxylic acids is 1. The quantitative estimate of drug-likeness (QED) is 0.756. The van der Waals surface area contributed by atoms with Crippen molar-refractivity contribution in [2.24, 2.45) is 5.73 Å². The van der Waals surface area contributed by atoms with Gasteiger partial charge in [0.05, 0.1) is 30.8 Å². The molecule has 0 saturated heterocycles. The number of thioether (sulfide) groups is 1. The van der Waals surface area contributed by atoms with Crippen LogP contribution in [0.2, 0.25) is 0 Å². The molecule has 1 heterocycles. The molecule has 1 aliphatic rings. The Bertz CT molecular complexity index is 900. The maximum absolute atomic E-state index is 11.6. The van der Waals surface area contributed by atoms with Crippen LogP contribution >= 0.6 is 11.8 Å². The maximum Gasteiger partial charge on any atom is 0.335 e. The number of amides is 1. The second kappa shape index (κ2) is 8.05. The van der Waals surface area contributed by atoms with Crippen LogP contribution in [0.25, 0.3) is 0 Å². The molecule has 2 aromatic carbocycles. The van der Waals surface area contributed by atoms with Gasteiger partial charge in [-0.1, -0.05) is 6.07 Å². The number of carbonyl (C=O) groups is 2. The maximum atomic E-state index is 11.6. The van der Waals surface area contributed by atoms with Gasteiger partial charge in [0.2, 0.25) is 0 Å². The zero-order chi connectivity index (χ0) is 19.4. The lowest BCUT2D eigenvalue weighted by molar-refractivity contribution is 0.0696. The molecule has 0 fully saturated rings. The molecule has 0 spiro atoms. The fraction of sp³-hybridized carbons (Fsp3) is 0.158. The van der Waals surface area contributed by atoms with E-state index in [1.54, 1.807) is 48.2 Å². The number of nitrogens with two attached hydrogens (primary N) is 1. The molecule has 1 amide bonds. The molecule has 0 bridgehead atoms. The van der Waals surface area contributed by atoms with Gasteiger partial charge < -0.3 is 25.4 Å². The molecule has 0 aromatic heterocycles. The van der Waals surface area contributed by atoms with Crippen molar-refractivity contribution in [3.05, 3.63) is 65.2 Å². The van der Waals surface area contributed by atoms with Crippen molar-refractivity contribution < 1.29 is 19.4 Å². The predicted molar refractivity (Wildman–Crippen MR) is 105 cm³/mol. The van der Waals surface area contributed by atoms with Crippen LogP contribution in [-0.4, -0.2) is 41.5 Å². The highest BCUT2D eigenvalue weighted by Crippen LogP contribution is 2.32. The highest BCUT2D eigenvalue weighted by atomic mass is 32.2. The second-order valence-corrected chi connectivity index (χ2v) is 6.71. The second-order valence-electron chi connectivity index (χ2n) is 5.84. The Hall–Kier alpha value is -3.13. The highest BCUT2D eigenvalue weighted by molar-refractivity contribution is 8.02. The van der Waals surface area contributed by atoms with Gasteiger partial charge in [-0.15, -0.1) is 11.8 Å². The molecule has 0 saturated carbocycles. The minimum atomic E-state index is -0.991. The van der Waals surface area contributed by atoms with Gasteiger partial charge in [-0.25, -0.2) is 4.79 Å². The Kier molecular flexibility index (Phi) is 5.56. The van der Waals surface area contributed by atoms with E-state index in [4.69, 9.17) is 10.5 Å². The van der Waals surface area contributed by atoms with E-state index in [9.17, 15) is 14.7 Å². The average Bonchev–Trinajstić information content (AvgIpc) is 3.18. The molecule has 8 heteroatoms. The van der Waals surface area contributed by atoms with Gasteiger partial charge in [0, 0.05) is 23.6 Å².